The molecule has 2 aromatic carbocycles. The lowest BCUT2D eigenvalue weighted by atomic mass is 10.2. The molecule has 7 nitrogen and oxygen atoms in total. The van der Waals surface area contributed by atoms with Gasteiger partial charge in [0.2, 0.25) is 5.89 Å². The summed E-state index contributed by atoms with van der Waals surface area (Å²) in [6.45, 7) is 3.99. The average Bonchev–Trinajstić information content (AvgIpc) is 3.18. The Balaban J connectivity index is 1.27. The second kappa shape index (κ2) is 11.4. The topological polar surface area (TPSA) is 80.5 Å². The smallest absolute Gasteiger partial charge is 0.257 e. The number of rotatable bonds is 9. The highest BCUT2D eigenvalue weighted by molar-refractivity contribution is 5.77. The number of hydrogen-bond donors (Lipinski definition) is 1. The van der Waals surface area contributed by atoms with Crippen molar-refractivity contribution in [3.8, 4) is 28.7 Å². The van der Waals surface area contributed by atoms with E-state index in [0.717, 1.165) is 18.5 Å². The molecule has 7 heteroatoms. The number of hydrogen-bond acceptors (Lipinski definition) is 6. The van der Waals surface area contributed by atoms with Crippen LogP contribution in [0, 0.1) is 0 Å². The Morgan fingerprint density at radius 2 is 1.66 bits per heavy atom. The Labute approximate surface area is 188 Å². The second-order valence-corrected chi connectivity index (χ2v) is 8.02. The quantitative estimate of drug-likeness (QED) is 0.509. The first kappa shape index (κ1) is 22.0. The van der Waals surface area contributed by atoms with Gasteiger partial charge in [0.25, 0.3) is 11.8 Å². The third kappa shape index (κ3) is 6.17. The van der Waals surface area contributed by atoms with Gasteiger partial charge >= 0.3 is 0 Å². The lowest BCUT2D eigenvalue weighted by Gasteiger charge is -2.19. The van der Waals surface area contributed by atoms with E-state index < -0.39 is 0 Å². The normalized spacial score (nSPS) is 14.6. The van der Waals surface area contributed by atoms with Gasteiger partial charge in [0.15, 0.2) is 6.61 Å². The molecule has 1 fully saturated rings. The van der Waals surface area contributed by atoms with Gasteiger partial charge in [-0.15, -0.1) is 10.2 Å². The van der Waals surface area contributed by atoms with Crippen molar-refractivity contribution in [3.63, 3.8) is 0 Å². The molecule has 1 N–H and O–H groups in total. The number of nitrogens with one attached hydrogen (secondary N) is 1. The van der Waals surface area contributed by atoms with Gasteiger partial charge in [0, 0.05) is 12.1 Å². The van der Waals surface area contributed by atoms with Crippen LogP contribution in [0.1, 0.15) is 32.1 Å². The van der Waals surface area contributed by atoms with E-state index in [-0.39, 0.29) is 12.5 Å². The molecule has 1 aliphatic heterocycles. The summed E-state index contributed by atoms with van der Waals surface area (Å²) in [6, 6.07) is 17.0. The first-order valence-corrected chi connectivity index (χ1v) is 11.4. The second-order valence-electron chi connectivity index (χ2n) is 8.02. The van der Waals surface area contributed by atoms with Crippen molar-refractivity contribution in [1.82, 2.24) is 20.4 Å². The van der Waals surface area contributed by atoms with Gasteiger partial charge in [-0.1, -0.05) is 43.2 Å². The zero-order chi connectivity index (χ0) is 22.0. The monoisotopic (exact) mass is 434 g/mol. The number of nitrogens with zero attached hydrogens (tertiary/aromatic N) is 3. The van der Waals surface area contributed by atoms with Gasteiger partial charge in [-0.2, -0.15) is 0 Å². The van der Waals surface area contributed by atoms with Crippen molar-refractivity contribution in [1.29, 1.82) is 0 Å². The molecular formula is C25H30N4O3. The maximum Gasteiger partial charge on any atom is 0.257 e. The van der Waals surface area contributed by atoms with E-state index in [1.165, 1.54) is 38.8 Å². The molecule has 4 rings (SSSR count). The first-order valence-electron chi connectivity index (χ1n) is 11.4. The van der Waals surface area contributed by atoms with Crippen molar-refractivity contribution in [2.45, 2.75) is 32.1 Å². The van der Waals surface area contributed by atoms with E-state index in [4.69, 9.17) is 9.15 Å². The van der Waals surface area contributed by atoms with Crippen LogP contribution in [0.15, 0.2) is 59.0 Å². The molecule has 168 valence electrons. The van der Waals surface area contributed by atoms with Crippen LogP contribution < -0.4 is 10.1 Å². The van der Waals surface area contributed by atoms with Gasteiger partial charge in [-0.25, -0.2) is 0 Å². The number of ether oxygens (including phenoxy) is 1. The predicted molar refractivity (Wildman–Crippen MR) is 123 cm³/mol. The Morgan fingerprint density at radius 1 is 0.938 bits per heavy atom. The number of carbonyl (C=O) groups excluding carboxylic acids is 1. The molecule has 1 aliphatic rings. The van der Waals surface area contributed by atoms with Crippen LogP contribution in [-0.2, 0) is 4.79 Å². The van der Waals surface area contributed by atoms with E-state index >= 15 is 0 Å². The fourth-order valence-corrected chi connectivity index (χ4v) is 3.88. The van der Waals surface area contributed by atoms with Crippen molar-refractivity contribution in [2.75, 3.05) is 32.8 Å². The maximum absolute atomic E-state index is 12.3. The molecule has 1 amide bonds. The molecule has 0 unspecified atom stereocenters. The highest BCUT2D eigenvalue weighted by Gasteiger charge is 2.15. The first-order chi connectivity index (χ1) is 15.8. The summed E-state index contributed by atoms with van der Waals surface area (Å²) < 4.78 is 11.6. The predicted octanol–water partition coefficient (Wildman–Crippen LogP) is 4.16. The van der Waals surface area contributed by atoms with E-state index in [0.29, 0.717) is 29.6 Å². The highest BCUT2D eigenvalue weighted by atomic mass is 16.5. The minimum absolute atomic E-state index is 0.0552. The number of aromatic nitrogens is 2. The lowest BCUT2D eigenvalue weighted by Crippen LogP contribution is -2.33. The van der Waals surface area contributed by atoms with E-state index in [2.05, 4.69) is 20.4 Å². The number of carbonyl (C=O) groups is 1. The van der Waals surface area contributed by atoms with Crippen molar-refractivity contribution in [2.24, 2.45) is 0 Å². The van der Waals surface area contributed by atoms with Gasteiger partial charge in [0.1, 0.15) is 5.75 Å². The van der Waals surface area contributed by atoms with Gasteiger partial charge < -0.3 is 19.4 Å². The maximum atomic E-state index is 12.3. The Hall–Kier alpha value is -3.19. The van der Waals surface area contributed by atoms with Crippen LogP contribution in [0.2, 0.25) is 0 Å². The molecule has 0 aliphatic carbocycles. The molecule has 2 heterocycles. The van der Waals surface area contributed by atoms with Crippen LogP contribution in [0.4, 0.5) is 0 Å². The summed E-state index contributed by atoms with van der Waals surface area (Å²) in [5.74, 6) is 1.21. The largest absolute Gasteiger partial charge is 0.483 e. The summed E-state index contributed by atoms with van der Waals surface area (Å²) in [6.07, 6.45) is 6.19. The molecule has 0 saturated carbocycles. The number of likely N-dealkylation sites (tertiary alicyclic amines) is 1. The van der Waals surface area contributed by atoms with Crippen molar-refractivity contribution >= 4 is 5.91 Å². The Morgan fingerprint density at radius 3 is 2.47 bits per heavy atom. The van der Waals surface area contributed by atoms with Gasteiger partial charge in [0.05, 0.1) is 5.56 Å². The van der Waals surface area contributed by atoms with Crippen LogP contribution in [0.5, 0.6) is 5.75 Å². The minimum Gasteiger partial charge on any atom is -0.483 e. The van der Waals surface area contributed by atoms with Crippen LogP contribution >= 0.6 is 0 Å². The minimum atomic E-state index is -0.133. The number of benzene rings is 2. The van der Waals surface area contributed by atoms with E-state index in [1.807, 2.05) is 48.5 Å². The molecule has 0 atom stereocenters. The third-order valence-corrected chi connectivity index (χ3v) is 5.59. The SMILES string of the molecule is O=C(COc1ccccc1-c1nnc(-c2ccccc2)o1)NCCCN1CCCCCC1. The molecule has 0 radical (unpaired) electrons. The van der Waals surface area contributed by atoms with Gasteiger partial charge in [-0.3, -0.25) is 4.79 Å². The van der Waals surface area contributed by atoms with Crippen LogP contribution in [-0.4, -0.2) is 53.8 Å². The Bertz CT molecular complexity index is 982. The lowest BCUT2D eigenvalue weighted by molar-refractivity contribution is -0.123. The summed E-state index contributed by atoms with van der Waals surface area (Å²) in [4.78, 5) is 14.8. The fourth-order valence-electron chi connectivity index (χ4n) is 3.88. The summed E-state index contributed by atoms with van der Waals surface area (Å²) in [5, 5.41) is 11.2. The summed E-state index contributed by atoms with van der Waals surface area (Å²) in [7, 11) is 0. The van der Waals surface area contributed by atoms with Crippen molar-refractivity contribution in [3.05, 3.63) is 54.6 Å². The van der Waals surface area contributed by atoms with Crippen LogP contribution in [0.25, 0.3) is 22.9 Å². The molecule has 1 saturated heterocycles. The molecule has 3 aromatic rings. The van der Waals surface area contributed by atoms with Crippen LogP contribution in [0.3, 0.4) is 0 Å². The summed E-state index contributed by atoms with van der Waals surface area (Å²) >= 11 is 0. The zero-order valence-electron chi connectivity index (χ0n) is 18.3. The molecule has 0 spiro atoms. The number of amides is 1. The molecule has 1 aromatic heterocycles. The highest BCUT2D eigenvalue weighted by Crippen LogP contribution is 2.30. The molecule has 32 heavy (non-hydrogen) atoms. The molecule has 0 bridgehead atoms. The third-order valence-electron chi connectivity index (χ3n) is 5.59. The zero-order valence-corrected chi connectivity index (χ0v) is 18.3. The summed E-state index contributed by atoms with van der Waals surface area (Å²) in [5.41, 5.74) is 1.51. The average molecular weight is 435 g/mol. The standard InChI is InChI=1S/C25H30N4O3/c30-23(26-15-10-18-29-16-8-1-2-9-17-29)19-31-22-14-7-6-13-21(22)25-28-27-24(32-25)20-11-4-3-5-12-20/h3-7,11-14H,1-2,8-10,15-19H2,(H,26,30). The van der Waals surface area contributed by atoms with Gasteiger partial charge in [-0.05, 0) is 63.2 Å². The van der Waals surface area contributed by atoms with E-state index in [1.54, 1.807) is 6.07 Å². The number of para-hydroxylation sites is 1. The fraction of sp³-hybridized carbons (Fsp3) is 0.400. The van der Waals surface area contributed by atoms with E-state index in [9.17, 15) is 4.79 Å². The van der Waals surface area contributed by atoms with Crippen molar-refractivity contribution < 1.29 is 13.9 Å². The molecular weight excluding hydrogens is 404 g/mol. The Kier molecular flexibility index (Phi) is 7.87.